The number of carbonyl (C=O) groups is 1. The fourth-order valence-corrected chi connectivity index (χ4v) is 2.03. The van der Waals surface area contributed by atoms with Crippen molar-refractivity contribution in [3.05, 3.63) is 11.6 Å². The average molecular weight is 210 g/mol. The van der Waals surface area contributed by atoms with Gasteiger partial charge < -0.3 is 4.74 Å². The molecule has 0 amide bonds. The Morgan fingerprint density at radius 3 is 1.80 bits per heavy atom. The molecule has 0 aromatic rings. The molecule has 1 atom stereocenters. The van der Waals surface area contributed by atoms with Crippen LogP contribution in [0, 0.1) is 10.8 Å². The van der Waals surface area contributed by atoms with E-state index < -0.39 is 5.60 Å². The minimum absolute atomic E-state index is 0.0790. The van der Waals surface area contributed by atoms with Gasteiger partial charge in [-0.3, -0.25) is 4.79 Å². The summed E-state index contributed by atoms with van der Waals surface area (Å²) in [4.78, 5) is 12.2. The molecule has 0 aromatic carbocycles. The van der Waals surface area contributed by atoms with Crippen LogP contribution in [0.15, 0.2) is 11.6 Å². The third kappa shape index (κ3) is 1.65. The summed E-state index contributed by atoms with van der Waals surface area (Å²) in [6.07, 6.45) is 2.00. The van der Waals surface area contributed by atoms with Crippen LogP contribution in [0.2, 0.25) is 0 Å². The van der Waals surface area contributed by atoms with Crippen molar-refractivity contribution < 1.29 is 9.53 Å². The maximum atomic E-state index is 12.2. The van der Waals surface area contributed by atoms with Gasteiger partial charge in [0.05, 0.1) is 0 Å². The van der Waals surface area contributed by atoms with Crippen LogP contribution >= 0.6 is 0 Å². The highest BCUT2D eigenvalue weighted by Gasteiger charge is 2.56. The van der Waals surface area contributed by atoms with Gasteiger partial charge in [0.1, 0.15) is 0 Å². The maximum Gasteiger partial charge on any atom is 0.195 e. The molecule has 86 valence electrons. The van der Waals surface area contributed by atoms with Crippen molar-refractivity contribution in [3.8, 4) is 0 Å². The molecule has 0 bridgehead atoms. The minimum atomic E-state index is -0.713. The van der Waals surface area contributed by atoms with E-state index in [9.17, 15) is 4.79 Å². The van der Waals surface area contributed by atoms with Crippen LogP contribution in [0.4, 0.5) is 0 Å². The Morgan fingerprint density at radius 1 is 1.13 bits per heavy atom. The summed E-state index contributed by atoms with van der Waals surface area (Å²) in [5, 5.41) is 0. The second-order valence-corrected chi connectivity index (χ2v) is 6.33. The van der Waals surface area contributed by atoms with Gasteiger partial charge in [-0.1, -0.05) is 41.5 Å². The molecule has 0 aromatic heterocycles. The van der Waals surface area contributed by atoms with Gasteiger partial charge in [-0.2, -0.15) is 0 Å². The average Bonchev–Trinajstić information content (AvgIpc) is 1.98. The number of carbonyl (C=O) groups excluding carboxylic acids is 1. The zero-order valence-corrected chi connectivity index (χ0v) is 10.9. The Kier molecular flexibility index (Phi) is 2.64. The fourth-order valence-electron chi connectivity index (χ4n) is 2.03. The summed E-state index contributed by atoms with van der Waals surface area (Å²) in [5.74, 6) is 0.144. The first-order valence-electron chi connectivity index (χ1n) is 5.39. The van der Waals surface area contributed by atoms with E-state index in [1.54, 1.807) is 7.11 Å². The van der Waals surface area contributed by atoms with E-state index in [0.29, 0.717) is 0 Å². The summed E-state index contributed by atoms with van der Waals surface area (Å²) in [7, 11) is 1.61. The van der Waals surface area contributed by atoms with Crippen molar-refractivity contribution in [1.29, 1.82) is 0 Å². The highest BCUT2D eigenvalue weighted by Crippen LogP contribution is 2.48. The Balaban J connectivity index is 3.15. The Morgan fingerprint density at radius 2 is 1.60 bits per heavy atom. The third-order valence-corrected chi connectivity index (χ3v) is 3.17. The molecule has 0 N–H and O–H groups in total. The molecule has 2 nitrogen and oxygen atoms in total. The summed E-state index contributed by atoms with van der Waals surface area (Å²) in [5.41, 5.74) is -0.0904. The number of hydrogen-bond acceptors (Lipinski definition) is 2. The zero-order chi connectivity index (χ0) is 12.1. The lowest BCUT2D eigenvalue weighted by molar-refractivity contribution is -0.149. The van der Waals surface area contributed by atoms with Crippen LogP contribution < -0.4 is 0 Å². The molecule has 0 spiro atoms. The molecule has 0 fully saturated rings. The largest absolute Gasteiger partial charge is 0.365 e. The van der Waals surface area contributed by atoms with Crippen LogP contribution in [0.3, 0.4) is 0 Å². The number of hydrogen-bond donors (Lipinski definition) is 0. The zero-order valence-electron chi connectivity index (χ0n) is 10.9. The Hall–Kier alpha value is -0.630. The quantitative estimate of drug-likeness (QED) is 0.665. The predicted molar refractivity (Wildman–Crippen MR) is 61.7 cm³/mol. The lowest BCUT2D eigenvalue weighted by Crippen LogP contribution is -2.58. The SMILES string of the molecule is COC1(C(C)(C)C)C=C(C(C)(C)C)C1=O. The van der Waals surface area contributed by atoms with Gasteiger partial charge in [-0.15, -0.1) is 0 Å². The molecule has 0 heterocycles. The molecule has 1 unspecified atom stereocenters. The van der Waals surface area contributed by atoms with E-state index in [0.717, 1.165) is 5.57 Å². The van der Waals surface area contributed by atoms with Crippen molar-refractivity contribution in [3.63, 3.8) is 0 Å². The van der Waals surface area contributed by atoms with Crippen molar-refractivity contribution in [2.45, 2.75) is 47.1 Å². The van der Waals surface area contributed by atoms with Gasteiger partial charge in [-0.05, 0) is 11.5 Å². The van der Waals surface area contributed by atoms with Crippen molar-refractivity contribution >= 4 is 5.78 Å². The molecule has 0 aliphatic heterocycles. The smallest absolute Gasteiger partial charge is 0.195 e. The Labute approximate surface area is 92.7 Å². The van der Waals surface area contributed by atoms with E-state index in [1.807, 2.05) is 26.8 Å². The molecule has 0 radical (unpaired) electrons. The predicted octanol–water partition coefficient (Wildman–Crippen LogP) is 2.97. The molecule has 2 heteroatoms. The van der Waals surface area contributed by atoms with Crippen LogP contribution in [0.25, 0.3) is 0 Å². The Bertz CT molecular complexity index is 312. The van der Waals surface area contributed by atoms with E-state index >= 15 is 0 Å². The number of Topliss-reactive ketones (excluding diaryl/α,β-unsaturated/α-hetero) is 1. The second-order valence-electron chi connectivity index (χ2n) is 6.33. The van der Waals surface area contributed by atoms with Crippen molar-refractivity contribution in [2.24, 2.45) is 10.8 Å². The molecule has 0 saturated carbocycles. The summed E-state index contributed by atoms with van der Waals surface area (Å²) < 4.78 is 5.45. The second kappa shape index (κ2) is 3.18. The summed E-state index contributed by atoms with van der Waals surface area (Å²) >= 11 is 0. The van der Waals surface area contributed by atoms with E-state index in [-0.39, 0.29) is 16.6 Å². The van der Waals surface area contributed by atoms with Gasteiger partial charge in [-0.25, -0.2) is 0 Å². The van der Waals surface area contributed by atoms with Gasteiger partial charge in [0.15, 0.2) is 11.4 Å². The van der Waals surface area contributed by atoms with Crippen LogP contribution in [0.5, 0.6) is 0 Å². The number of methoxy groups -OCH3 is 1. The minimum Gasteiger partial charge on any atom is -0.365 e. The van der Waals surface area contributed by atoms with Gasteiger partial charge in [0.2, 0.25) is 0 Å². The normalized spacial score (nSPS) is 27.4. The topological polar surface area (TPSA) is 26.3 Å². The van der Waals surface area contributed by atoms with E-state index in [2.05, 4.69) is 20.8 Å². The van der Waals surface area contributed by atoms with Crippen molar-refractivity contribution in [2.75, 3.05) is 7.11 Å². The first-order valence-corrected chi connectivity index (χ1v) is 5.39. The van der Waals surface area contributed by atoms with E-state index in [1.165, 1.54) is 0 Å². The number of ether oxygens (including phenoxy) is 1. The van der Waals surface area contributed by atoms with Crippen LogP contribution in [0.1, 0.15) is 41.5 Å². The molecule has 1 rings (SSSR count). The van der Waals surface area contributed by atoms with Crippen LogP contribution in [-0.4, -0.2) is 18.5 Å². The fraction of sp³-hybridized carbons (Fsp3) is 0.769. The first kappa shape index (κ1) is 12.4. The molecular weight excluding hydrogens is 188 g/mol. The molecule has 1 aliphatic carbocycles. The number of ketones is 1. The van der Waals surface area contributed by atoms with E-state index in [4.69, 9.17) is 4.74 Å². The standard InChI is InChI=1S/C13H22O2/c1-11(2,3)9-8-13(15-7,10(9)14)12(4,5)6/h8H,1-7H3. The number of rotatable bonds is 1. The highest BCUT2D eigenvalue weighted by molar-refractivity contribution is 6.11. The molecule has 1 aliphatic rings. The monoisotopic (exact) mass is 210 g/mol. The van der Waals surface area contributed by atoms with Crippen molar-refractivity contribution in [1.82, 2.24) is 0 Å². The summed E-state index contributed by atoms with van der Waals surface area (Å²) in [6, 6.07) is 0. The molecule has 0 saturated heterocycles. The van der Waals surface area contributed by atoms with Gasteiger partial charge in [0, 0.05) is 18.1 Å². The maximum absolute atomic E-state index is 12.2. The van der Waals surface area contributed by atoms with Gasteiger partial charge in [0.25, 0.3) is 0 Å². The lowest BCUT2D eigenvalue weighted by Gasteiger charge is -2.49. The summed E-state index contributed by atoms with van der Waals surface area (Å²) in [6.45, 7) is 12.3. The molecular formula is C13H22O2. The molecule has 15 heavy (non-hydrogen) atoms. The highest BCUT2D eigenvalue weighted by atomic mass is 16.5. The third-order valence-electron chi connectivity index (χ3n) is 3.17. The van der Waals surface area contributed by atoms with Crippen LogP contribution in [-0.2, 0) is 9.53 Å². The van der Waals surface area contributed by atoms with Gasteiger partial charge >= 0.3 is 0 Å². The first-order chi connectivity index (χ1) is 6.56. The lowest BCUT2D eigenvalue weighted by atomic mass is 9.60.